The molecule has 0 aliphatic carbocycles. The number of H-pyrrole nitrogens is 1. The number of aromatic amines is 1. The number of nitrogens with zero attached hydrogens (tertiary/aromatic N) is 2. The molecule has 0 spiro atoms. The van der Waals surface area contributed by atoms with E-state index in [1.54, 1.807) is 11.8 Å². The molecule has 2 N–H and O–H groups in total. The van der Waals surface area contributed by atoms with E-state index in [1.165, 1.54) is 0 Å². The summed E-state index contributed by atoms with van der Waals surface area (Å²) in [6.07, 6.45) is 0. The number of hydrogen-bond acceptors (Lipinski definition) is 5. The van der Waals surface area contributed by atoms with Crippen molar-refractivity contribution < 1.29 is 13.9 Å². The molecule has 7 nitrogen and oxygen atoms in total. The van der Waals surface area contributed by atoms with Gasteiger partial charge in [-0.15, -0.1) is 0 Å². The van der Waals surface area contributed by atoms with E-state index in [9.17, 15) is 4.79 Å². The minimum atomic E-state index is -0.372. The minimum Gasteiger partial charge on any atom is -0.497 e. The molecule has 0 saturated heterocycles. The first-order chi connectivity index (χ1) is 10.1. The lowest BCUT2D eigenvalue weighted by Gasteiger charge is -2.08. The zero-order chi connectivity index (χ0) is 15.2. The Morgan fingerprint density at radius 2 is 2.05 bits per heavy atom. The maximum absolute atomic E-state index is 11.8. The van der Waals surface area contributed by atoms with E-state index in [4.69, 9.17) is 9.26 Å². The van der Waals surface area contributed by atoms with Crippen molar-refractivity contribution in [3.63, 3.8) is 0 Å². The standard InChI is InChI=1S/C14H20N4O3/c1-17(2)9-8-15-10-13-14(19)21-16-18(13)11-4-6-12(20-3)7-5-11/h4-7,15H,8-10H2,1-3H3/p+1. The third-order valence-corrected chi connectivity index (χ3v) is 3.09. The van der Waals surface area contributed by atoms with E-state index in [1.807, 2.05) is 38.4 Å². The summed E-state index contributed by atoms with van der Waals surface area (Å²) in [6, 6.07) is 7.37. The summed E-state index contributed by atoms with van der Waals surface area (Å²) in [6.45, 7) is 2.13. The number of ether oxygens (including phenoxy) is 1. The molecule has 0 bridgehead atoms. The van der Waals surface area contributed by atoms with Crippen molar-refractivity contribution in [2.45, 2.75) is 6.54 Å². The predicted octanol–water partition coefficient (Wildman–Crippen LogP) is -0.0956. The first-order valence-electron chi connectivity index (χ1n) is 6.74. The highest BCUT2D eigenvalue weighted by molar-refractivity contribution is 5.31. The Morgan fingerprint density at radius 3 is 2.67 bits per heavy atom. The number of likely N-dealkylation sites (N-methyl/N-ethyl adjacent to an activating group) is 1. The summed E-state index contributed by atoms with van der Waals surface area (Å²) in [5.41, 5.74) is 0.966. The lowest BCUT2D eigenvalue weighted by atomic mass is 10.3. The van der Waals surface area contributed by atoms with Gasteiger partial charge in [0, 0.05) is 25.2 Å². The van der Waals surface area contributed by atoms with Gasteiger partial charge in [-0.3, -0.25) is 4.52 Å². The molecule has 0 atom stereocenters. The van der Waals surface area contributed by atoms with Gasteiger partial charge in [0.15, 0.2) is 0 Å². The molecule has 114 valence electrons. The van der Waals surface area contributed by atoms with Crippen molar-refractivity contribution >= 4 is 0 Å². The molecule has 0 unspecified atom stereocenters. The second-order valence-electron chi connectivity index (χ2n) is 4.94. The number of hydrogen-bond donors (Lipinski definition) is 2. The third-order valence-electron chi connectivity index (χ3n) is 3.09. The summed E-state index contributed by atoms with van der Waals surface area (Å²) in [7, 11) is 5.62. The molecule has 1 aromatic carbocycles. The molecular formula is C14H21N4O3+. The van der Waals surface area contributed by atoms with Crippen LogP contribution in [0.3, 0.4) is 0 Å². The number of benzene rings is 1. The van der Waals surface area contributed by atoms with Crippen LogP contribution in [-0.2, 0) is 6.54 Å². The van der Waals surface area contributed by atoms with Gasteiger partial charge in [-0.2, -0.15) is 0 Å². The highest BCUT2D eigenvalue weighted by Gasteiger charge is 2.22. The van der Waals surface area contributed by atoms with Crippen LogP contribution in [-0.4, -0.2) is 44.5 Å². The Kier molecular flexibility index (Phi) is 5.13. The largest absolute Gasteiger partial charge is 0.497 e. The summed E-state index contributed by atoms with van der Waals surface area (Å²) in [4.78, 5) is 13.8. The molecule has 0 aliphatic rings. The van der Waals surface area contributed by atoms with Crippen molar-refractivity contribution in [3.05, 3.63) is 40.4 Å². The number of methoxy groups -OCH3 is 1. The van der Waals surface area contributed by atoms with Crippen LogP contribution in [0.4, 0.5) is 0 Å². The lowest BCUT2D eigenvalue weighted by Crippen LogP contribution is -2.41. The zero-order valence-corrected chi connectivity index (χ0v) is 12.5. The molecular weight excluding hydrogens is 272 g/mol. The molecule has 1 aromatic heterocycles. The smallest absolute Gasteiger partial charge is 0.431 e. The second kappa shape index (κ2) is 7.05. The Labute approximate surface area is 123 Å². The van der Waals surface area contributed by atoms with Gasteiger partial charge in [0.2, 0.25) is 5.69 Å². The highest BCUT2D eigenvalue weighted by Crippen LogP contribution is 2.10. The fourth-order valence-corrected chi connectivity index (χ4v) is 1.89. The van der Waals surface area contributed by atoms with Crippen molar-refractivity contribution in [1.82, 2.24) is 15.5 Å². The van der Waals surface area contributed by atoms with Crippen molar-refractivity contribution in [3.8, 4) is 11.4 Å². The van der Waals surface area contributed by atoms with Gasteiger partial charge in [-0.05, 0) is 36.2 Å². The van der Waals surface area contributed by atoms with Gasteiger partial charge < -0.3 is 15.0 Å². The fraction of sp³-hybridized carbons (Fsp3) is 0.429. The van der Waals surface area contributed by atoms with Gasteiger partial charge in [0.25, 0.3) is 0 Å². The van der Waals surface area contributed by atoms with Crippen LogP contribution in [0, 0.1) is 0 Å². The van der Waals surface area contributed by atoms with Gasteiger partial charge in [-0.25, -0.2) is 4.79 Å². The monoisotopic (exact) mass is 293 g/mol. The fourth-order valence-electron chi connectivity index (χ4n) is 1.89. The maximum atomic E-state index is 11.8. The van der Waals surface area contributed by atoms with Crippen molar-refractivity contribution in [2.24, 2.45) is 0 Å². The molecule has 0 fully saturated rings. The van der Waals surface area contributed by atoms with Gasteiger partial charge in [0.05, 0.1) is 13.7 Å². The summed E-state index contributed by atoms with van der Waals surface area (Å²) < 4.78 is 11.6. The van der Waals surface area contributed by atoms with Crippen LogP contribution in [0.15, 0.2) is 33.6 Å². The lowest BCUT2D eigenvalue weighted by molar-refractivity contribution is -0.677. The molecule has 0 radical (unpaired) electrons. The Balaban J connectivity index is 2.11. The molecule has 2 aromatic rings. The number of aromatic nitrogens is 2. The van der Waals surface area contributed by atoms with E-state index in [2.05, 4.69) is 15.5 Å². The highest BCUT2D eigenvalue weighted by atomic mass is 16.5. The molecule has 0 saturated carbocycles. The van der Waals surface area contributed by atoms with E-state index < -0.39 is 0 Å². The van der Waals surface area contributed by atoms with Crippen molar-refractivity contribution in [1.29, 1.82) is 0 Å². The van der Waals surface area contributed by atoms with Crippen LogP contribution < -0.4 is 20.4 Å². The molecule has 0 amide bonds. The SMILES string of the molecule is COc1ccc(-[n+]2[nH]oc(=O)c2CNCCN(C)C)cc1. The average molecular weight is 293 g/mol. The van der Waals surface area contributed by atoms with Crippen LogP contribution in [0.5, 0.6) is 5.75 Å². The van der Waals surface area contributed by atoms with Gasteiger partial charge in [-0.1, -0.05) is 0 Å². The number of rotatable bonds is 7. The van der Waals surface area contributed by atoms with Crippen LogP contribution in [0.1, 0.15) is 5.69 Å². The number of nitrogens with one attached hydrogen (secondary N) is 2. The molecule has 2 rings (SSSR count). The van der Waals surface area contributed by atoms with E-state index in [0.29, 0.717) is 12.2 Å². The minimum absolute atomic E-state index is 0.372. The first kappa shape index (κ1) is 15.3. The zero-order valence-electron chi connectivity index (χ0n) is 12.5. The summed E-state index contributed by atoms with van der Waals surface area (Å²) in [5, 5.41) is 5.84. The van der Waals surface area contributed by atoms with Crippen LogP contribution in [0.2, 0.25) is 0 Å². The van der Waals surface area contributed by atoms with E-state index in [0.717, 1.165) is 24.5 Å². The maximum Gasteiger partial charge on any atom is 0.431 e. The molecule has 21 heavy (non-hydrogen) atoms. The molecule has 1 heterocycles. The van der Waals surface area contributed by atoms with Gasteiger partial charge in [0.1, 0.15) is 5.75 Å². The van der Waals surface area contributed by atoms with Crippen molar-refractivity contribution in [2.75, 3.05) is 34.3 Å². The van der Waals surface area contributed by atoms with E-state index in [-0.39, 0.29) is 5.63 Å². The third kappa shape index (κ3) is 3.93. The summed E-state index contributed by atoms with van der Waals surface area (Å²) in [5.74, 6) is 0.760. The Bertz CT molecular complexity index is 616. The molecule has 7 heteroatoms. The quantitative estimate of drug-likeness (QED) is 0.551. The van der Waals surface area contributed by atoms with E-state index >= 15 is 0 Å². The van der Waals surface area contributed by atoms with Crippen LogP contribution >= 0.6 is 0 Å². The second-order valence-corrected chi connectivity index (χ2v) is 4.94. The topological polar surface area (TPSA) is 74.4 Å². The van der Waals surface area contributed by atoms with Crippen LogP contribution in [0.25, 0.3) is 5.69 Å². The average Bonchev–Trinajstić information content (AvgIpc) is 2.85. The predicted molar refractivity (Wildman–Crippen MR) is 77.7 cm³/mol. The first-order valence-corrected chi connectivity index (χ1v) is 6.74. The Hall–Kier alpha value is -2.12. The molecule has 0 aliphatic heterocycles. The summed E-state index contributed by atoms with van der Waals surface area (Å²) >= 11 is 0. The van der Waals surface area contributed by atoms with Gasteiger partial charge >= 0.3 is 11.3 Å². The Morgan fingerprint density at radius 1 is 1.33 bits per heavy atom. The normalized spacial score (nSPS) is 11.0.